The molecule has 1 saturated heterocycles. The first-order chi connectivity index (χ1) is 14.7. The number of hydrogen-bond donors (Lipinski definition) is 1. The second-order valence-electron chi connectivity index (χ2n) is 7.80. The van der Waals surface area contributed by atoms with Gasteiger partial charge in [-0.2, -0.15) is 13.2 Å². The van der Waals surface area contributed by atoms with Crippen molar-refractivity contribution in [2.45, 2.75) is 25.6 Å². The van der Waals surface area contributed by atoms with Gasteiger partial charge >= 0.3 is 6.18 Å². The maximum Gasteiger partial charge on any atom is 0.416 e. The number of nitrogens with one attached hydrogen (secondary N) is 1. The number of likely N-dealkylation sites (tertiary alicyclic amines) is 1. The van der Waals surface area contributed by atoms with E-state index in [1.807, 2.05) is 18.5 Å². The standard InChI is InChI=1S/C21H22F3N5OS/c1-13-12-28(2)9-8-16(13)25-20(30)18-26-19(17-7-4-10-31-17)29(27-18)15-6-3-5-14(11-15)21(22,23)24/h3-7,10-11,13,16H,8-9,12H2,1-2H3,(H,25,30). The molecule has 6 nitrogen and oxygen atoms in total. The molecule has 1 N–H and O–H groups in total. The van der Waals surface area contributed by atoms with Crippen LogP contribution in [0.4, 0.5) is 13.2 Å². The lowest BCUT2D eigenvalue weighted by atomic mass is 9.94. The van der Waals surface area contributed by atoms with Gasteiger partial charge in [0.1, 0.15) is 0 Å². The van der Waals surface area contributed by atoms with Crippen molar-refractivity contribution in [1.29, 1.82) is 0 Å². The predicted octanol–water partition coefficient (Wildman–Crippen LogP) is 4.08. The van der Waals surface area contributed by atoms with Gasteiger partial charge in [-0.3, -0.25) is 4.79 Å². The molecule has 2 aromatic heterocycles. The highest BCUT2D eigenvalue weighted by Gasteiger charge is 2.31. The fraction of sp³-hybridized carbons (Fsp3) is 0.381. The van der Waals surface area contributed by atoms with Crippen LogP contribution < -0.4 is 5.32 Å². The third kappa shape index (κ3) is 4.64. The molecule has 0 saturated carbocycles. The second kappa shape index (κ2) is 8.43. The van der Waals surface area contributed by atoms with Crippen LogP contribution in [0.3, 0.4) is 0 Å². The average Bonchev–Trinajstić information content (AvgIpc) is 3.39. The van der Waals surface area contributed by atoms with E-state index >= 15 is 0 Å². The number of aromatic nitrogens is 3. The lowest BCUT2D eigenvalue weighted by Gasteiger charge is -2.34. The number of halogens is 3. The van der Waals surface area contributed by atoms with Crippen molar-refractivity contribution in [3.63, 3.8) is 0 Å². The smallest absolute Gasteiger partial charge is 0.346 e. The van der Waals surface area contributed by atoms with Crippen LogP contribution in [0.5, 0.6) is 0 Å². The molecule has 31 heavy (non-hydrogen) atoms. The van der Waals surface area contributed by atoms with E-state index in [2.05, 4.69) is 27.2 Å². The fourth-order valence-electron chi connectivity index (χ4n) is 3.77. The number of rotatable bonds is 4. The summed E-state index contributed by atoms with van der Waals surface area (Å²) in [5.74, 6) is 0.109. The summed E-state index contributed by atoms with van der Waals surface area (Å²) >= 11 is 1.37. The zero-order valence-electron chi connectivity index (χ0n) is 17.1. The summed E-state index contributed by atoms with van der Waals surface area (Å²) in [7, 11) is 2.04. The molecule has 3 heterocycles. The zero-order chi connectivity index (χ0) is 22.2. The van der Waals surface area contributed by atoms with Crippen LogP contribution >= 0.6 is 11.3 Å². The molecule has 2 atom stereocenters. The Morgan fingerprint density at radius 2 is 2.06 bits per heavy atom. The van der Waals surface area contributed by atoms with E-state index in [0.717, 1.165) is 31.6 Å². The van der Waals surface area contributed by atoms with Crippen molar-refractivity contribution >= 4 is 17.2 Å². The van der Waals surface area contributed by atoms with Gasteiger partial charge in [0, 0.05) is 12.6 Å². The molecule has 3 aromatic rings. The van der Waals surface area contributed by atoms with Gasteiger partial charge in [0.2, 0.25) is 5.82 Å². The van der Waals surface area contributed by atoms with E-state index in [9.17, 15) is 18.0 Å². The van der Waals surface area contributed by atoms with E-state index < -0.39 is 17.6 Å². The van der Waals surface area contributed by atoms with Crippen molar-refractivity contribution in [2.75, 3.05) is 20.1 Å². The van der Waals surface area contributed by atoms with Crippen LogP contribution in [0.1, 0.15) is 29.5 Å². The summed E-state index contributed by atoms with van der Waals surface area (Å²) in [6.45, 7) is 3.83. The minimum absolute atomic E-state index is 0.00519. The lowest BCUT2D eigenvalue weighted by Crippen LogP contribution is -2.49. The molecule has 0 spiro atoms. The molecule has 1 fully saturated rings. The predicted molar refractivity (Wildman–Crippen MR) is 112 cm³/mol. The molecule has 1 aliphatic heterocycles. The highest BCUT2D eigenvalue weighted by atomic mass is 32.1. The molecule has 1 aromatic carbocycles. The highest BCUT2D eigenvalue weighted by Crippen LogP contribution is 2.32. The first-order valence-electron chi connectivity index (χ1n) is 9.90. The Morgan fingerprint density at radius 1 is 1.26 bits per heavy atom. The summed E-state index contributed by atoms with van der Waals surface area (Å²) in [5, 5.41) is 9.12. The Morgan fingerprint density at radius 3 is 2.74 bits per heavy atom. The molecule has 1 amide bonds. The molecule has 4 rings (SSSR count). The van der Waals surface area contributed by atoms with Crippen LogP contribution in [-0.2, 0) is 6.18 Å². The zero-order valence-corrected chi connectivity index (χ0v) is 17.9. The summed E-state index contributed by atoms with van der Waals surface area (Å²) in [6.07, 6.45) is -3.67. The number of hydrogen-bond acceptors (Lipinski definition) is 5. The van der Waals surface area contributed by atoms with Crippen LogP contribution in [0.25, 0.3) is 16.4 Å². The average molecular weight is 450 g/mol. The number of carbonyl (C=O) groups excluding carboxylic acids is 1. The Hall–Kier alpha value is -2.72. The van der Waals surface area contributed by atoms with Crippen molar-refractivity contribution in [2.24, 2.45) is 5.92 Å². The van der Waals surface area contributed by atoms with Gasteiger partial charge in [-0.1, -0.05) is 19.1 Å². The van der Waals surface area contributed by atoms with Gasteiger partial charge in [0.05, 0.1) is 16.1 Å². The van der Waals surface area contributed by atoms with E-state index in [0.29, 0.717) is 10.7 Å². The van der Waals surface area contributed by atoms with Crippen LogP contribution in [0, 0.1) is 5.92 Å². The van der Waals surface area contributed by atoms with Gasteiger partial charge in [0.25, 0.3) is 5.91 Å². The summed E-state index contributed by atoms with van der Waals surface area (Å²) < 4.78 is 40.9. The van der Waals surface area contributed by atoms with Crippen LogP contribution in [-0.4, -0.2) is 51.8 Å². The molecule has 2 unspecified atom stereocenters. The Labute approximate surface area is 181 Å². The van der Waals surface area contributed by atoms with E-state index in [1.54, 1.807) is 6.07 Å². The van der Waals surface area contributed by atoms with Gasteiger partial charge in [-0.05, 0) is 55.6 Å². The molecular formula is C21H22F3N5OS. The second-order valence-corrected chi connectivity index (χ2v) is 8.75. The third-order valence-electron chi connectivity index (χ3n) is 5.39. The quantitative estimate of drug-likeness (QED) is 0.652. The number of thiophene rings is 1. The molecule has 0 radical (unpaired) electrons. The third-order valence-corrected chi connectivity index (χ3v) is 6.26. The number of piperidine rings is 1. The minimum atomic E-state index is -4.48. The first kappa shape index (κ1) is 21.5. The minimum Gasteiger partial charge on any atom is -0.346 e. The van der Waals surface area contributed by atoms with Crippen molar-refractivity contribution < 1.29 is 18.0 Å². The van der Waals surface area contributed by atoms with Gasteiger partial charge in [-0.15, -0.1) is 16.4 Å². The molecule has 0 bridgehead atoms. The normalized spacial score (nSPS) is 20.0. The van der Waals surface area contributed by atoms with Crippen LogP contribution in [0.2, 0.25) is 0 Å². The van der Waals surface area contributed by atoms with Gasteiger partial charge in [-0.25, -0.2) is 9.67 Å². The molecule has 10 heteroatoms. The Bertz CT molecular complexity index is 1060. The van der Waals surface area contributed by atoms with Crippen molar-refractivity contribution in [3.8, 4) is 16.4 Å². The van der Waals surface area contributed by atoms with Gasteiger partial charge < -0.3 is 10.2 Å². The maximum atomic E-state index is 13.2. The Kier molecular flexibility index (Phi) is 5.85. The number of alkyl halides is 3. The molecule has 1 aliphatic rings. The molecule has 164 valence electrons. The first-order valence-corrected chi connectivity index (χ1v) is 10.8. The largest absolute Gasteiger partial charge is 0.416 e. The van der Waals surface area contributed by atoms with E-state index in [4.69, 9.17) is 0 Å². The summed E-state index contributed by atoms with van der Waals surface area (Å²) in [6, 6.07) is 8.44. The summed E-state index contributed by atoms with van der Waals surface area (Å²) in [5.41, 5.74) is -0.596. The monoisotopic (exact) mass is 449 g/mol. The SMILES string of the molecule is CC1CN(C)CCC1NC(=O)c1nc(-c2cccs2)n(-c2cccc(C(F)(F)F)c2)n1. The number of carbonyl (C=O) groups is 1. The Balaban J connectivity index is 1.68. The molecule has 0 aliphatic carbocycles. The highest BCUT2D eigenvalue weighted by molar-refractivity contribution is 7.13. The fourth-order valence-corrected chi connectivity index (χ4v) is 4.47. The maximum absolute atomic E-state index is 13.2. The number of amides is 1. The van der Waals surface area contributed by atoms with E-state index in [1.165, 1.54) is 28.2 Å². The van der Waals surface area contributed by atoms with Crippen LogP contribution in [0.15, 0.2) is 41.8 Å². The summed E-state index contributed by atoms with van der Waals surface area (Å²) in [4.78, 5) is 20.2. The van der Waals surface area contributed by atoms with Crippen molar-refractivity contribution in [1.82, 2.24) is 25.0 Å². The number of nitrogens with zero attached hydrogens (tertiary/aromatic N) is 4. The van der Waals surface area contributed by atoms with E-state index in [-0.39, 0.29) is 23.5 Å². The topological polar surface area (TPSA) is 63.1 Å². The van der Waals surface area contributed by atoms with Crippen molar-refractivity contribution in [3.05, 3.63) is 53.2 Å². The number of benzene rings is 1. The lowest BCUT2D eigenvalue weighted by molar-refractivity contribution is -0.137. The molecular weight excluding hydrogens is 427 g/mol. The van der Waals surface area contributed by atoms with Gasteiger partial charge in [0.15, 0.2) is 5.82 Å².